The van der Waals surface area contributed by atoms with Crippen LogP contribution in [0, 0.1) is 5.82 Å². The van der Waals surface area contributed by atoms with Crippen LogP contribution in [-0.2, 0) is 6.54 Å². The van der Waals surface area contributed by atoms with Crippen LogP contribution in [0.1, 0.15) is 25.3 Å². The molecule has 0 bridgehead atoms. The van der Waals surface area contributed by atoms with E-state index in [1.54, 1.807) is 6.07 Å². The molecule has 0 saturated carbocycles. The number of likely N-dealkylation sites (N-methyl/N-ethyl adjacent to an activating group) is 1. The van der Waals surface area contributed by atoms with E-state index in [9.17, 15) is 4.39 Å². The first kappa shape index (κ1) is 19.2. The highest BCUT2D eigenvalue weighted by Gasteiger charge is 2.20. The van der Waals surface area contributed by atoms with E-state index < -0.39 is 0 Å². The summed E-state index contributed by atoms with van der Waals surface area (Å²) >= 11 is 0. The van der Waals surface area contributed by atoms with E-state index in [0.29, 0.717) is 12.6 Å². The molecule has 1 aliphatic rings. The van der Waals surface area contributed by atoms with Gasteiger partial charge in [-0.15, -0.1) is 24.0 Å². The lowest BCUT2D eigenvalue weighted by molar-refractivity contribution is 0.309. The van der Waals surface area contributed by atoms with Crippen molar-refractivity contribution < 1.29 is 4.39 Å². The Morgan fingerprint density at radius 1 is 1.41 bits per heavy atom. The van der Waals surface area contributed by atoms with Crippen LogP contribution in [-0.4, -0.2) is 43.6 Å². The SMILES string of the molecule is CCNC(=NCc1cccc(F)c1)NCC1CCCN1C.I. The predicted molar refractivity (Wildman–Crippen MR) is 100 cm³/mol. The molecule has 1 heterocycles. The van der Waals surface area contributed by atoms with E-state index in [-0.39, 0.29) is 29.8 Å². The van der Waals surface area contributed by atoms with Crippen molar-refractivity contribution in [3.8, 4) is 0 Å². The average Bonchev–Trinajstić information content (AvgIpc) is 2.87. The Balaban J connectivity index is 0.00000242. The predicted octanol–water partition coefficient (Wildman–Crippen LogP) is 2.59. The van der Waals surface area contributed by atoms with Crippen LogP contribution < -0.4 is 10.6 Å². The number of rotatable bonds is 5. The van der Waals surface area contributed by atoms with E-state index in [1.807, 2.05) is 13.0 Å². The highest BCUT2D eigenvalue weighted by atomic mass is 127. The molecule has 2 N–H and O–H groups in total. The maximum Gasteiger partial charge on any atom is 0.191 e. The summed E-state index contributed by atoms with van der Waals surface area (Å²) in [6.45, 7) is 5.40. The van der Waals surface area contributed by atoms with Gasteiger partial charge in [-0.2, -0.15) is 0 Å². The molecular formula is C16H26FIN4. The molecule has 0 spiro atoms. The van der Waals surface area contributed by atoms with E-state index in [1.165, 1.54) is 31.5 Å². The van der Waals surface area contributed by atoms with E-state index in [2.05, 4.69) is 27.6 Å². The summed E-state index contributed by atoms with van der Waals surface area (Å²) in [6.07, 6.45) is 2.49. The molecule has 0 aromatic heterocycles. The van der Waals surface area contributed by atoms with Gasteiger partial charge in [-0.25, -0.2) is 9.38 Å². The van der Waals surface area contributed by atoms with Crippen LogP contribution in [0.3, 0.4) is 0 Å². The number of aliphatic imine (C=N–C) groups is 1. The lowest BCUT2D eigenvalue weighted by Gasteiger charge is -2.21. The minimum atomic E-state index is -0.215. The van der Waals surface area contributed by atoms with Crippen molar-refractivity contribution in [3.63, 3.8) is 0 Å². The third kappa shape index (κ3) is 6.08. The van der Waals surface area contributed by atoms with Crippen LogP contribution in [0.25, 0.3) is 0 Å². The number of hydrogen-bond acceptors (Lipinski definition) is 2. The smallest absolute Gasteiger partial charge is 0.191 e. The van der Waals surface area contributed by atoms with Crippen LogP contribution >= 0.6 is 24.0 Å². The van der Waals surface area contributed by atoms with Crippen LogP contribution in [0.15, 0.2) is 29.3 Å². The summed E-state index contributed by atoms with van der Waals surface area (Å²) in [7, 11) is 2.16. The first-order valence-electron chi connectivity index (χ1n) is 7.66. The molecule has 1 aromatic carbocycles. The van der Waals surface area contributed by atoms with Crippen molar-refractivity contribution in [2.75, 3.05) is 26.7 Å². The molecule has 1 aromatic rings. The lowest BCUT2D eigenvalue weighted by Crippen LogP contribution is -2.44. The maximum absolute atomic E-state index is 13.1. The lowest BCUT2D eigenvalue weighted by atomic mass is 10.2. The number of hydrogen-bond donors (Lipinski definition) is 2. The molecule has 1 unspecified atom stereocenters. The number of nitrogens with zero attached hydrogens (tertiary/aromatic N) is 2. The van der Waals surface area contributed by atoms with Crippen LogP contribution in [0.4, 0.5) is 4.39 Å². The summed E-state index contributed by atoms with van der Waals surface area (Å²) in [6, 6.07) is 7.15. The van der Waals surface area contributed by atoms with Crippen molar-refractivity contribution in [3.05, 3.63) is 35.6 Å². The molecule has 22 heavy (non-hydrogen) atoms. The number of nitrogens with one attached hydrogen (secondary N) is 2. The molecule has 0 radical (unpaired) electrons. The van der Waals surface area contributed by atoms with Crippen molar-refractivity contribution in [2.45, 2.75) is 32.4 Å². The number of benzene rings is 1. The fraction of sp³-hybridized carbons (Fsp3) is 0.562. The van der Waals surface area contributed by atoms with E-state index >= 15 is 0 Å². The van der Waals surface area contributed by atoms with Gasteiger partial charge in [0.15, 0.2) is 5.96 Å². The molecule has 1 aliphatic heterocycles. The van der Waals surface area contributed by atoms with E-state index in [0.717, 1.165) is 24.6 Å². The molecule has 1 fully saturated rings. The second-order valence-electron chi connectivity index (χ2n) is 5.48. The molecule has 2 rings (SSSR count). The fourth-order valence-electron chi connectivity index (χ4n) is 2.60. The first-order chi connectivity index (χ1) is 10.2. The quantitative estimate of drug-likeness (QED) is 0.437. The standard InChI is InChI=1S/C16H25FN4.HI/c1-3-18-16(20-12-15-8-5-9-21(15)2)19-11-13-6-4-7-14(17)10-13;/h4,6-7,10,15H,3,5,8-9,11-12H2,1-2H3,(H2,18,19,20);1H. The molecular weight excluding hydrogens is 394 g/mol. The second kappa shape index (κ2) is 9.99. The Kier molecular flexibility index (Phi) is 8.70. The highest BCUT2D eigenvalue weighted by molar-refractivity contribution is 14.0. The highest BCUT2D eigenvalue weighted by Crippen LogP contribution is 2.13. The molecule has 0 amide bonds. The van der Waals surface area contributed by atoms with Crippen molar-refractivity contribution in [2.24, 2.45) is 4.99 Å². The van der Waals surface area contributed by atoms with Gasteiger partial charge in [0.05, 0.1) is 6.54 Å². The van der Waals surface area contributed by atoms with Gasteiger partial charge in [0, 0.05) is 19.1 Å². The Morgan fingerprint density at radius 2 is 2.23 bits per heavy atom. The van der Waals surface area contributed by atoms with Gasteiger partial charge in [0.2, 0.25) is 0 Å². The Bertz CT molecular complexity index is 481. The van der Waals surface area contributed by atoms with Crippen molar-refractivity contribution >= 4 is 29.9 Å². The summed E-state index contributed by atoms with van der Waals surface area (Å²) in [5, 5.41) is 6.61. The van der Waals surface area contributed by atoms with Crippen LogP contribution in [0.5, 0.6) is 0 Å². The third-order valence-corrected chi connectivity index (χ3v) is 3.83. The molecule has 1 atom stereocenters. The maximum atomic E-state index is 13.1. The summed E-state index contributed by atoms with van der Waals surface area (Å²) in [5.74, 6) is 0.579. The number of guanidine groups is 1. The topological polar surface area (TPSA) is 39.7 Å². The molecule has 1 saturated heterocycles. The largest absolute Gasteiger partial charge is 0.357 e. The number of likely N-dealkylation sites (tertiary alicyclic amines) is 1. The Morgan fingerprint density at radius 3 is 2.86 bits per heavy atom. The zero-order valence-corrected chi connectivity index (χ0v) is 15.6. The van der Waals surface area contributed by atoms with Crippen LogP contribution in [0.2, 0.25) is 0 Å². The van der Waals surface area contributed by atoms with Gasteiger partial charge in [0.1, 0.15) is 5.82 Å². The van der Waals surface area contributed by atoms with Gasteiger partial charge in [-0.3, -0.25) is 0 Å². The van der Waals surface area contributed by atoms with E-state index in [4.69, 9.17) is 0 Å². The zero-order valence-electron chi connectivity index (χ0n) is 13.3. The molecule has 124 valence electrons. The fourth-order valence-corrected chi connectivity index (χ4v) is 2.60. The first-order valence-corrected chi connectivity index (χ1v) is 7.66. The minimum Gasteiger partial charge on any atom is -0.357 e. The second-order valence-corrected chi connectivity index (χ2v) is 5.48. The van der Waals surface area contributed by atoms with Gasteiger partial charge in [-0.05, 0) is 51.1 Å². The number of halogens is 2. The van der Waals surface area contributed by atoms with Gasteiger partial charge >= 0.3 is 0 Å². The molecule has 6 heteroatoms. The summed E-state index contributed by atoms with van der Waals surface area (Å²) in [4.78, 5) is 6.90. The molecule has 0 aliphatic carbocycles. The van der Waals surface area contributed by atoms with Gasteiger partial charge in [-0.1, -0.05) is 12.1 Å². The van der Waals surface area contributed by atoms with Gasteiger partial charge < -0.3 is 15.5 Å². The van der Waals surface area contributed by atoms with Crippen molar-refractivity contribution in [1.29, 1.82) is 0 Å². The zero-order chi connectivity index (χ0) is 15.1. The minimum absolute atomic E-state index is 0. The normalized spacial score (nSPS) is 18.9. The van der Waals surface area contributed by atoms with Gasteiger partial charge in [0.25, 0.3) is 0 Å². The Labute approximate surface area is 149 Å². The third-order valence-electron chi connectivity index (χ3n) is 3.83. The molecule has 4 nitrogen and oxygen atoms in total. The van der Waals surface area contributed by atoms with Crippen molar-refractivity contribution in [1.82, 2.24) is 15.5 Å². The summed E-state index contributed by atoms with van der Waals surface area (Å²) in [5.41, 5.74) is 0.880. The monoisotopic (exact) mass is 420 g/mol. The Hall–Kier alpha value is -0.890. The summed E-state index contributed by atoms with van der Waals surface area (Å²) < 4.78 is 13.1. The average molecular weight is 420 g/mol.